The molecular weight excluding hydrogens is 170 g/mol. The van der Waals surface area contributed by atoms with Gasteiger partial charge >= 0.3 is 5.97 Å². The largest absolute Gasteiger partial charge is 0.480 e. The third kappa shape index (κ3) is 4.85. The van der Waals surface area contributed by atoms with Gasteiger partial charge < -0.3 is 15.6 Å². The summed E-state index contributed by atoms with van der Waals surface area (Å²) < 4.78 is 5.30. The molecule has 0 aromatic rings. The minimum Gasteiger partial charge on any atom is -0.480 e. The van der Waals surface area contributed by atoms with Crippen LogP contribution in [0.1, 0.15) is 33.6 Å². The first-order chi connectivity index (χ1) is 5.90. The van der Waals surface area contributed by atoms with Crippen molar-refractivity contribution in [2.75, 3.05) is 6.61 Å². The van der Waals surface area contributed by atoms with Gasteiger partial charge in [-0.2, -0.15) is 0 Å². The van der Waals surface area contributed by atoms with Gasteiger partial charge in [0.1, 0.15) is 5.54 Å². The molecule has 4 heteroatoms. The predicted octanol–water partition coefficient (Wildman–Crippen LogP) is 0.994. The van der Waals surface area contributed by atoms with Gasteiger partial charge in [0.15, 0.2) is 0 Å². The molecule has 0 amide bonds. The van der Waals surface area contributed by atoms with Crippen molar-refractivity contribution in [2.45, 2.75) is 45.3 Å². The highest BCUT2D eigenvalue weighted by molar-refractivity contribution is 5.77. The second kappa shape index (κ2) is 5.19. The van der Waals surface area contributed by atoms with Crippen LogP contribution in [0.3, 0.4) is 0 Å². The van der Waals surface area contributed by atoms with Gasteiger partial charge in [0.05, 0.1) is 12.7 Å². The molecule has 0 spiro atoms. The summed E-state index contributed by atoms with van der Waals surface area (Å²) in [5, 5.41) is 8.68. The Morgan fingerprint density at radius 3 is 2.62 bits per heavy atom. The number of ether oxygens (including phenoxy) is 1. The van der Waals surface area contributed by atoms with Crippen LogP contribution >= 0.6 is 0 Å². The van der Waals surface area contributed by atoms with Crippen molar-refractivity contribution in [1.29, 1.82) is 0 Å². The van der Waals surface area contributed by atoms with Crippen LogP contribution in [-0.2, 0) is 9.53 Å². The molecule has 0 aromatic heterocycles. The topological polar surface area (TPSA) is 72.5 Å². The third-order valence-electron chi connectivity index (χ3n) is 1.85. The molecule has 0 radical (unpaired) electrons. The number of carboxylic acids is 1. The van der Waals surface area contributed by atoms with E-state index in [2.05, 4.69) is 6.92 Å². The fraction of sp³-hybridized carbons (Fsp3) is 0.889. The summed E-state index contributed by atoms with van der Waals surface area (Å²) in [7, 11) is 0. The molecule has 0 saturated carbocycles. The van der Waals surface area contributed by atoms with Crippen molar-refractivity contribution < 1.29 is 14.6 Å². The van der Waals surface area contributed by atoms with Crippen molar-refractivity contribution in [3.8, 4) is 0 Å². The number of hydrogen-bond donors (Lipinski definition) is 2. The van der Waals surface area contributed by atoms with Crippen LogP contribution in [0, 0.1) is 0 Å². The molecule has 0 aliphatic carbocycles. The van der Waals surface area contributed by atoms with Crippen molar-refractivity contribution in [2.24, 2.45) is 5.73 Å². The average Bonchev–Trinajstić information content (AvgIpc) is 2.01. The zero-order valence-corrected chi connectivity index (χ0v) is 8.54. The van der Waals surface area contributed by atoms with E-state index in [-0.39, 0.29) is 12.7 Å². The van der Waals surface area contributed by atoms with Gasteiger partial charge in [0, 0.05) is 0 Å². The minimum absolute atomic E-state index is 0.0590. The Bertz CT molecular complexity index is 168. The molecule has 0 aliphatic rings. The molecule has 13 heavy (non-hydrogen) atoms. The molecule has 2 atom stereocenters. The molecule has 0 saturated heterocycles. The SMILES string of the molecule is CCCC(C)OCC(C)(N)C(=O)O. The molecule has 0 fully saturated rings. The standard InChI is InChI=1S/C9H19NO3/c1-4-5-7(2)13-6-9(3,10)8(11)12/h7H,4-6,10H2,1-3H3,(H,11,12). The summed E-state index contributed by atoms with van der Waals surface area (Å²) in [5.41, 5.74) is 4.20. The lowest BCUT2D eigenvalue weighted by atomic mass is 10.1. The van der Waals surface area contributed by atoms with Crippen molar-refractivity contribution in [1.82, 2.24) is 0 Å². The lowest BCUT2D eigenvalue weighted by molar-refractivity contribution is -0.145. The van der Waals surface area contributed by atoms with Crippen LogP contribution in [0.15, 0.2) is 0 Å². The van der Waals surface area contributed by atoms with E-state index in [1.807, 2.05) is 6.92 Å². The maximum atomic E-state index is 10.6. The van der Waals surface area contributed by atoms with Crippen molar-refractivity contribution >= 4 is 5.97 Å². The molecule has 0 heterocycles. The summed E-state index contributed by atoms with van der Waals surface area (Å²) in [5.74, 6) is -1.03. The van der Waals surface area contributed by atoms with Crippen molar-refractivity contribution in [3.05, 3.63) is 0 Å². The Labute approximate surface area is 79.1 Å². The quantitative estimate of drug-likeness (QED) is 0.653. The highest BCUT2D eigenvalue weighted by Gasteiger charge is 2.28. The van der Waals surface area contributed by atoms with E-state index in [9.17, 15) is 4.79 Å². The summed E-state index contributed by atoms with van der Waals surface area (Å²) in [4.78, 5) is 10.6. The molecule has 0 rings (SSSR count). The fourth-order valence-corrected chi connectivity index (χ4v) is 0.867. The number of carboxylic acid groups (broad SMARTS) is 1. The molecule has 3 N–H and O–H groups in total. The first-order valence-corrected chi connectivity index (χ1v) is 4.54. The van der Waals surface area contributed by atoms with E-state index in [1.54, 1.807) is 0 Å². The molecule has 2 unspecified atom stereocenters. The van der Waals surface area contributed by atoms with E-state index in [0.29, 0.717) is 0 Å². The van der Waals surface area contributed by atoms with Crippen LogP contribution in [0.25, 0.3) is 0 Å². The smallest absolute Gasteiger partial charge is 0.325 e. The van der Waals surface area contributed by atoms with Gasteiger partial charge in [-0.25, -0.2) is 0 Å². The third-order valence-corrected chi connectivity index (χ3v) is 1.85. The number of hydrogen-bond acceptors (Lipinski definition) is 3. The summed E-state index contributed by atoms with van der Waals surface area (Å²) in [6.45, 7) is 5.48. The van der Waals surface area contributed by atoms with E-state index >= 15 is 0 Å². The number of rotatable bonds is 6. The zero-order chi connectivity index (χ0) is 10.5. The van der Waals surface area contributed by atoms with Gasteiger partial charge in [0.25, 0.3) is 0 Å². The molecule has 78 valence electrons. The van der Waals surface area contributed by atoms with Crippen LogP contribution in [0.5, 0.6) is 0 Å². The van der Waals surface area contributed by atoms with Crippen LogP contribution in [0.4, 0.5) is 0 Å². The first-order valence-electron chi connectivity index (χ1n) is 4.54. The second-order valence-corrected chi connectivity index (χ2v) is 3.63. The Morgan fingerprint density at radius 1 is 1.69 bits per heavy atom. The molecule has 4 nitrogen and oxygen atoms in total. The monoisotopic (exact) mass is 189 g/mol. The summed E-state index contributed by atoms with van der Waals surface area (Å²) in [6.07, 6.45) is 2.03. The highest BCUT2D eigenvalue weighted by atomic mass is 16.5. The Hall–Kier alpha value is -0.610. The molecular formula is C9H19NO3. The Kier molecular flexibility index (Phi) is 4.95. The summed E-state index contributed by atoms with van der Waals surface area (Å²) in [6, 6.07) is 0. The molecule has 0 aliphatic heterocycles. The van der Waals surface area contributed by atoms with Crippen molar-refractivity contribution in [3.63, 3.8) is 0 Å². The van der Waals surface area contributed by atoms with E-state index in [4.69, 9.17) is 15.6 Å². The molecule has 0 aromatic carbocycles. The summed E-state index contributed by atoms with van der Waals surface area (Å²) >= 11 is 0. The minimum atomic E-state index is -1.28. The average molecular weight is 189 g/mol. The molecule has 0 bridgehead atoms. The van der Waals surface area contributed by atoms with Gasteiger partial charge in [-0.15, -0.1) is 0 Å². The van der Waals surface area contributed by atoms with Crippen LogP contribution < -0.4 is 5.73 Å². The number of carbonyl (C=O) groups is 1. The van der Waals surface area contributed by atoms with Gasteiger partial charge in [-0.05, 0) is 20.3 Å². The van der Waals surface area contributed by atoms with Crippen LogP contribution in [-0.4, -0.2) is 29.3 Å². The fourth-order valence-electron chi connectivity index (χ4n) is 0.867. The zero-order valence-electron chi connectivity index (χ0n) is 8.54. The number of nitrogens with two attached hydrogens (primary N) is 1. The lowest BCUT2D eigenvalue weighted by Gasteiger charge is -2.21. The van der Waals surface area contributed by atoms with E-state index < -0.39 is 11.5 Å². The highest BCUT2D eigenvalue weighted by Crippen LogP contribution is 2.06. The lowest BCUT2D eigenvalue weighted by Crippen LogP contribution is -2.49. The maximum Gasteiger partial charge on any atom is 0.325 e. The Morgan fingerprint density at radius 2 is 2.23 bits per heavy atom. The predicted molar refractivity (Wildman–Crippen MR) is 50.6 cm³/mol. The van der Waals surface area contributed by atoms with Gasteiger partial charge in [-0.1, -0.05) is 13.3 Å². The van der Waals surface area contributed by atoms with Gasteiger partial charge in [0.2, 0.25) is 0 Å². The first kappa shape index (κ1) is 12.4. The van der Waals surface area contributed by atoms with E-state index in [1.165, 1.54) is 6.92 Å². The maximum absolute atomic E-state index is 10.6. The second-order valence-electron chi connectivity index (χ2n) is 3.63. The van der Waals surface area contributed by atoms with Gasteiger partial charge in [-0.3, -0.25) is 4.79 Å². The van der Waals surface area contributed by atoms with Crippen LogP contribution in [0.2, 0.25) is 0 Å². The number of aliphatic carboxylic acids is 1. The normalized spacial score (nSPS) is 17.8. The Balaban J connectivity index is 3.80. The van der Waals surface area contributed by atoms with E-state index in [0.717, 1.165) is 12.8 Å².